The molecule has 0 amide bonds. The fourth-order valence-electron chi connectivity index (χ4n) is 3.54. The van der Waals surface area contributed by atoms with Gasteiger partial charge in [0.15, 0.2) is 0 Å². The molecule has 4 heteroatoms. The first kappa shape index (κ1) is 29.1. The van der Waals surface area contributed by atoms with Crippen molar-refractivity contribution in [1.82, 2.24) is 0 Å². The molecule has 0 aromatic carbocycles. The fraction of sp³-hybridized carbons (Fsp3) is 0.885. The van der Waals surface area contributed by atoms with Gasteiger partial charge in [-0.3, -0.25) is 4.79 Å². The highest BCUT2D eigenvalue weighted by molar-refractivity contribution is 5.69. The van der Waals surface area contributed by atoms with E-state index in [0.717, 1.165) is 25.7 Å². The number of aliphatic hydroxyl groups excluding tert-OH is 1. The Labute approximate surface area is 187 Å². The first-order valence-electron chi connectivity index (χ1n) is 12.9. The summed E-state index contributed by atoms with van der Waals surface area (Å²) in [4.78, 5) is 11.7. The van der Waals surface area contributed by atoms with Crippen molar-refractivity contribution in [3.05, 3.63) is 12.2 Å². The van der Waals surface area contributed by atoms with Crippen molar-refractivity contribution in [3.63, 3.8) is 0 Å². The Hall–Kier alpha value is -0.870. The summed E-state index contributed by atoms with van der Waals surface area (Å²) in [6, 6.07) is -0.553. The normalized spacial score (nSPS) is 13.6. The number of hydrogen-bond donors (Lipinski definition) is 2. The van der Waals surface area contributed by atoms with Crippen LogP contribution >= 0.6 is 0 Å². The SMILES string of the molecule is CCCCCCCCCCCCC/C=C/C(O)C(N)COC(=O)CCCCCCC. The van der Waals surface area contributed by atoms with Crippen LogP contribution in [0.5, 0.6) is 0 Å². The lowest BCUT2D eigenvalue weighted by Crippen LogP contribution is -2.38. The highest BCUT2D eigenvalue weighted by Gasteiger charge is 2.14. The summed E-state index contributed by atoms with van der Waals surface area (Å²) in [5.41, 5.74) is 5.93. The molecule has 4 nitrogen and oxygen atoms in total. The zero-order valence-electron chi connectivity index (χ0n) is 20.1. The van der Waals surface area contributed by atoms with Crippen molar-refractivity contribution in [2.24, 2.45) is 5.73 Å². The van der Waals surface area contributed by atoms with Gasteiger partial charge < -0.3 is 15.6 Å². The lowest BCUT2D eigenvalue weighted by Gasteiger charge is -2.15. The summed E-state index contributed by atoms with van der Waals surface area (Å²) in [6.45, 7) is 4.52. The standard InChI is InChI=1S/C26H51NO3/c1-3-5-7-9-10-11-12-13-14-15-16-18-19-21-25(28)24(27)23-30-26(29)22-20-17-8-6-4-2/h19,21,24-25,28H,3-18,20,22-23,27H2,1-2H3/b21-19+. The van der Waals surface area contributed by atoms with E-state index in [-0.39, 0.29) is 12.6 Å². The predicted molar refractivity (Wildman–Crippen MR) is 129 cm³/mol. The van der Waals surface area contributed by atoms with Gasteiger partial charge in [-0.2, -0.15) is 0 Å². The van der Waals surface area contributed by atoms with E-state index in [1.807, 2.05) is 6.08 Å². The summed E-state index contributed by atoms with van der Waals surface area (Å²) in [7, 11) is 0. The van der Waals surface area contributed by atoms with Gasteiger partial charge in [-0.05, 0) is 19.3 Å². The van der Waals surface area contributed by atoms with Crippen molar-refractivity contribution in [2.45, 2.75) is 142 Å². The number of rotatable bonds is 22. The molecule has 0 aromatic heterocycles. The van der Waals surface area contributed by atoms with Crippen LogP contribution in [0.4, 0.5) is 0 Å². The summed E-state index contributed by atoms with van der Waals surface area (Å²) in [5.74, 6) is -0.209. The molecule has 178 valence electrons. The predicted octanol–water partition coefficient (Wildman–Crippen LogP) is 6.84. The van der Waals surface area contributed by atoms with Crippen molar-refractivity contribution < 1.29 is 14.6 Å². The lowest BCUT2D eigenvalue weighted by molar-refractivity contribution is -0.144. The van der Waals surface area contributed by atoms with Crippen LogP contribution < -0.4 is 5.73 Å². The molecule has 0 aliphatic rings. The van der Waals surface area contributed by atoms with E-state index in [0.29, 0.717) is 6.42 Å². The largest absolute Gasteiger partial charge is 0.464 e. The minimum atomic E-state index is -0.755. The van der Waals surface area contributed by atoms with Crippen LogP contribution in [0.2, 0.25) is 0 Å². The van der Waals surface area contributed by atoms with Gasteiger partial charge >= 0.3 is 5.97 Å². The Bertz CT molecular complexity index is 398. The number of allylic oxidation sites excluding steroid dienone is 1. The van der Waals surface area contributed by atoms with Crippen molar-refractivity contribution in [2.75, 3.05) is 6.61 Å². The number of esters is 1. The Kier molecular flexibility index (Phi) is 22.1. The number of carbonyl (C=O) groups excluding carboxylic acids is 1. The maximum Gasteiger partial charge on any atom is 0.305 e. The Balaban J connectivity index is 3.53. The quantitative estimate of drug-likeness (QED) is 0.113. The van der Waals surface area contributed by atoms with Gasteiger partial charge in [-0.25, -0.2) is 0 Å². The second-order valence-electron chi connectivity index (χ2n) is 8.75. The number of aliphatic hydroxyl groups is 1. The lowest BCUT2D eigenvalue weighted by atomic mass is 10.0. The molecule has 0 bridgehead atoms. The molecule has 0 aromatic rings. The molecule has 2 atom stereocenters. The Morgan fingerprint density at radius 2 is 1.27 bits per heavy atom. The number of ether oxygens (including phenoxy) is 1. The molecule has 0 saturated carbocycles. The van der Waals surface area contributed by atoms with E-state index >= 15 is 0 Å². The third-order valence-electron chi connectivity index (χ3n) is 5.67. The summed E-state index contributed by atoms with van der Waals surface area (Å²) >= 11 is 0. The zero-order chi connectivity index (χ0) is 22.3. The van der Waals surface area contributed by atoms with E-state index in [2.05, 4.69) is 13.8 Å². The third kappa shape index (κ3) is 20.4. The average Bonchev–Trinajstić information content (AvgIpc) is 2.74. The van der Waals surface area contributed by atoms with E-state index in [4.69, 9.17) is 10.5 Å². The Morgan fingerprint density at radius 1 is 0.800 bits per heavy atom. The van der Waals surface area contributed by atoms with Crippen LogP contribution in [0, 0.1) is 0 Å². The molecule has 0 rings (SSSR count). The van der Waals surface area contributed by atoms with Crippen LogP contribution in [0.15, 0.2) is 12.2 Å². The monoisotopic (exact) mass is 425 g/mol. The molecule has 0 aliphatic heterocycles. The van der Waals surface area contributed by atoms with E-state index < -0.39 is 12.1 Å². The minimum absolute atomic E-state index is 0.0811. The molecule has 0 spiro atoms. The highest BCUT2D eigenvalue weighted by Crippen LogP contribution is 2.12. The van der Waals surface area contributed by atoms with Crippen molar-refractivity contribution in [1.29, 1.82) is 0 Å². The van der Waals surface area contributed by atoms with Gasteiger partial charge in [0.1, 0.15) is 6.61 Å². The molecule has 0 fully saturated rings. The second-order valence-corrected chi connectivity index (χ2v) is 8.75. The summed E-state index contributed by atoms with van der Waals surface area (Å²) in [6.07, 6.45) is 24.7. The van der Waals surface area contributed by atoms with Gasteiger partial charge in [-0.1, -0.05) is 116 Å². The van der Waals surface area contributed by atoms with Crippen molar-refractivity contribution >= 4 is 5.97 Å². The van der Waals surface area contributed by atoms with Gasteiger partial charge in [0.25, 0.3) is 0 Å². The number of nitrogens with two attached hydrogens (primary N) is 1. The third-order valence-corrected chi connectivity index (χ3v) is 5.67. The van der Waals surface area contributed by atoms with Crippen LogP contribution in [-0.4, -0.2) is 29.8 Å². The maximum atomic E-state index is 11.7. The minimum Gasteiger partial charge on any atom is -0.464 e. The molecule has 0 saturated heterocycles. The van der Waals surface area contributed by atoms with Gasteiger partial charge in [0.05, 0.1) is 12.1 Å². The molecule has 30 heavy (non-hydrogen) atoms. The molecular formula is C26H51NO3. The average molecular weight is 426 g/mol. The molecule has 0 radical (unpaired) electrons. The van der Waals surface area contributed by atoms with Crippen molar-refractivity contribution in [3.8, 4) is 0 Å². The Morgan fingerprint density at radius 3 is 1.80 bits per heavy atom. The first-order chi connectivity index (χ1) is 14.6. The van der Waals surface area contributed by atoms with Crippen LogP contribution in [0.1, 0.15) is 129 Å². The number of hydrogen-bond acceptors (Lipinski definition) is 4. The molecule has 0 heterocycles. The number of unbranched alkanes of at least 4 members (excludes halogenated alkanes) is 15. The van der Waals surface area contributed by atoms with Gasteiger partial charge in [-0.15, -0.1) is 0 Å². The number of carbonyl (C=O) groups is 1. The zero-order valence-corrected chi connectivity index (χ0v) is 20.1. The molecular weight excluding hydrogens is 374 g/mol. The van der Waals surface area contributed by atoms with Crippen LogP contribution in [0.25, 0.3) is 0 Å². The maximum absolute atomic E-state index is 11.7. The van der Waals surface area contributed by atoms with E-state index in [1.54, 1.807) is 6.08 Å². The van der Waals surface area contributed by atoms with Gasteiger partial charge in [0.2, 0.25) is 0 Å². The summed E-state index contributed by atoms with van der Waals surface area (Å²) < 4.78 is 5.19. The highest BCUT2D eigenvalue weighted by atomic mass is 16.5. The van der Waals surface area contributed by atoms with Crippen LogP contribution in [0.3, 0.4) is 0 Å². The smallest absolute Gasteiger partial charge is 0.305 e. The van der Waals surface area contributed by atoms with E-state index in [1.165, 1.54) is 83.5 Å². The van der Waals surface area contributed by atoms with Gasteiger partial charge in [0, 0.05) is 6.42 Å². The van der Waals surface area contributed by atoms with E-state index in [9.17, 15) is 9.90 Å². The molecule has 3 N–H and O–H groups in total. The van der Waals surface area contributed by atoms with Crippen LogP contribution in [-0.2, 0) is 9.53 Å². The molecule has 2 unspecified atom stereocenters. The topological polar surface area (TPSA) is 72.6 Å². The second kappa shape index (κ2) is 22.8. The summed E-state index contributed by atoms with van der Waals surface area (Å²) in [5, 5.41) is 10.1. The molecule has 0 aliphatic carbocycles. The fourth-order valence-corrected chi connectivity index (χ4v) is 3.54. The first-order valence-corrected chi connectivity index (χ1v) is 12.9.